The molecule has 1 aromatic rings. The summed E-state index contributed by atoms with van der Waals surface area (Å²) in [5.41, 5.74) is 0.317. The Morgan fingerprint density at radius 3 is 2.32 bits per heavy atom. The number of hydrogen-bond donors (Lipinski definition) is 1. The molecule has 1 spiro atoms. The summed E-state index contributed by atoms with van der Waals surface area (Å²) in [7, 11) is -3.74. The number of benzene rings is 1. The van der Waals surface area contributed by atoms with Crippen LogP contribution in [0.4, 0.5) is 0 Å². The van der Waals surface area contributed by atoms with Gasteiger partial charge in [0.25, 0.3) is 0 Å². The van der Waals surface area contributed by atoms with Gasteiger partial charge in [-0.2, -0.15) is 0 Å². The number of hydrogen-bond acceptors (Lipinski definition) is 4. The van der Waals surface area contributed by atoms with E-state index >= 15 is 0 Å². The first-order valence-corrected chi connectivity index (χ1v) is 9.57. The molecular weight excluding hydrogens is 300 g/mol. The Morgan fingerprint density at radius 1 is 1.18 bits per heavy atom. The Labute approximate surface area is 132 Å². The first-order valence-electron chi connectivity index (χ1n) is 8.09. The van der Waals surface area contributed by atoms with E-state index in [0.717, 1.165) is 37.7 Å². The molecule has 3 rings (SSSR count). The molecule has 5 heteroatoms. The fourth-order valence-electron chi connectivity index (χ4n) is 3.85. The van der Waals surface area contributed by atoms with Gasteiger partial charge in [0.2, 0.25) is 14.8 Å². The Hall–Kier alpha value is -0.910. The third kappa shape index (κ3) is 2.06. The molecule has 122 valence electrons. The molecule has 0 bridgehead atoms. The second-order valence-corrected chi connectivity index (χ2v) is 8.65. The monoisotopic (exact) mass is 324 g/mol. The maximum Gasteiger partial charge on any atom is 0.228 e. The minimum Gasteiger partial charge on any atom is -0.389 e. The molecule has 1 aliphatic carbocycles. The third-order valence-electron chi connectivity index (χ3n) is 5.16. The molecule has 1 aromatic carbocycles. The average Bonchev–Trinajstić information content (AvgIpc) is 3.17. The van der Waals surface area contributed by atoms with Crippen molar-refractivity contribution in [3.63, 3.8) is 0 Å². The van der Waals surface area contributed by atoms with Gasteiger partial charge in [0.15, 0.2) is 0 Å². The average molecular weight is 324 g/mol. The van der Waals surface area contributed by atoms with E-state index in [9.17, 15) is 13.5 Å². The van der Waals surface area contributed by atoms with Crippen LogP contribution in [0.2, 0.25) is 0 Å². The van der Waals surface area contributed by atoms with Crippen LogP contribution in [0.25, 0.3) is 0 Å². The Balaban J connectivity index is 2.06. The molecule has 4 nitrogen and oxygen atoms in total. The number of aliphatic hydroxyl groups excluding tert-OH is 1. The van der Waals surface area contributed by atoms with E-state index in [0.29, 0.717) is 6.42 Å². The van der Waals surface area contributed by atoms with E-state index in [1.54, 1.807) is 31.2 Å². The van der Waals surface area contributed by atoms with Crippen molar-refractivity contribution in [1.29, 1.82) is 0 Å². The highest BCUT2D eigenvalue weighted by atomic mass is 32.2. The van der Waals surface area contributed by atoms with Crippen LogP contribution in [-0.4, -0.2) is 30.2 Å². The molecule has 1 heterocycles. The van der Waals surface area contributed by atoms with Crippen molar-refractivity contribution >= 4 is 9.84 Å². The standard InChI is InChI=1S/C17H24O4S/c1-3-15(18)17(16(21-17)11-5-4-6-12-16)22(19,20)14-9-7-13(2)8-10-14/h7-10,15,18H,3-6,11-12H2,1-2H3/t15-,17+/m1/s1. The van der Waals surface area contributed by atoms with Gasteiger partial charge in [-0.1, -0.05) is 43.9 Å². The van der Waals surface area contributed by atoms with Crippen molar-refractivity contribution in [1.82, 2.24) is 0 Å². The minimum absolute atomic E-state index is 0.244. The number of epoxide rings is 1. The van der Waals surface area contributed by atoms with Gasteiger partial charge in [-0.3, -0.25) is 0 Å². The molecular formula is C17H24O4S. The van der Waals surface area contributed by atoms with Crippen molar-refractivity contribution < 1.29 is 18.3 Å². The van der Waals surface area contributed by atoms with Gasteiger partial charge in [0.1, 0.15) is 11.7 Å². The van der Waals surface area contributed by atoms with Crippen LogP contribution < -0.4 is 0 Å². The van der Waals surface area contributed by atoms with Gasteiger partial charge in [0.05, 0.1) is 4.90 Å². The topological polar surface area (TPSA) is 66.9 Å². The zero-order valence-corrected chi connectivity index (χ0v) is 14.0. The van der Waals surface area contributed by atoms with Crippen molar-refractivity contribution in [3.05, 3.63) is 29.8 Å². The summed E-state index contributed by atoms with van der Waals surface area (Å²) < 4.78 is 32.3. The van der Waals surface area contributed by atoms with Gasteiger partial charge in [-0.25, -0.2) is 8.42 Å². The summed E-state index contributed by atoms with van der Waals surface area (Å²) in [6, 6.07) is 6.81. The van der Waals surface area contributed by atoms with Gasteiger partial charge < -0.3 is 9.84 Å². The van der Waals surface area contributed by atoms with E-state index in [1.165, 1.54) is 0 Å². The molecule has 1 N–H and O–H groups in total. The van der Waals surface area contributed by atoms with Crippen LogP contribution in [0, 0.1) is 6.92 Å². The number of rotatable bonds is 4. The molecule has 2 aliphatic rings. The van der Waals surface area contributed by atoms with Crippen molar-refractivity contribution in [3.8, 4) is 0 Å². The van der Waals surface area contributed by atoms with Gasteiger partial charge >= 0.3 is 0 Å². The fourth-order valence-corrected chi connectivity index (χ4v) is 6.18. The van der Waals surface area contributed by atoms with Crippen LogP contribution in [0.5, 0.6) is 0 Å². The Morgan fingerprint density at radius 2 is 1.77 bits per heavy atom. The lowest BCUT2D eigenvalue weighted by Crippen LogP contribution is -2.45. The van der Waals surface area contributed by atoms with E-state index in [-0.39, 0.29) is 4.90 Å². The zero-order valence-electron chi connectivity index (χ0n) is 13.2. The number of ether oxygens (including phenoxy) is 1. The van der Waals surface area contributed by atoms with Crippen LogP contribution in [0.15, 0.2) is 29.2 Å². The molecule has 0 unspecified atom stereocenters. The molecule has 1 aliphatic heterocycles. The third-order valence-corrected chi connectivity index (χ3v) is 7.58. The molecule has 2 fully saturated rings. The Kier molecular flexibility index (Phi) is 3.86. The van der Waals surface area contributed by atoms with Crippen molar-refractivity contribution in [2.24, 2.45) is 0 Å². The largest absolute Gasteiger partial charge is 0.389 e. The Bertz CT molecular complexity index is 644. The summed E-state index contributed by atoms with van der Waals surface area (Å²) in [4.78, 5) is -1.21. The lowest BCUT2D eigenvalue weighted by Gasteiger charge is -2.26. The molecule has 22 heavy (non-hydrogen) atoms. The summed E-state index contributed by atoms with van der Waals surface area (Å²) in [6.45, 7) is 3.72. The summed E-state index contributed by atoms with van der Waals surface area (Å²) in [6.07, 6.45) is 3.84. The van der Waals surface area contributed by atoms with Crippen molar-refractivity contribution in [2.45, 2.75) is 73.9 Å². The molecule has 0 aromatic heterocycles. The van der Waals surface area contributed by atoms with Crippen LogP contribution in [0.3, 0.4) is 0 Å². The second kappa shape index (κ2) is 5.32. The quantitative estimate of drug-likeness (QED) is 0.865. The van der Waals surface area contributed by atoms with E-state index in [1.807, 2.05) is 6.92 Å². The van der Waals surface area contributed by atoms with E-state index in [4.69, 9.17) is 4.74 Å². The molecule has 0 amide bonds. The number of aliphatic hydroxyl groups is 1. The lowest BCUT2D eigenvalue weighted by atomic mass is 9.84. The SMILES string of the molecule is CC[C@@H](O)[C@@]1(S(=O)(=O)c2ccc(C)cc2)OC12CCCCC2. The first kappa shape index (κ1) is 16.0. The van der Waals surface area contributed by atoms with Crippen LogP contribution >= 0.6 is 0 Å². The maximum atomic E-state index is 13.2. The minimum atomic E-state index is -3.74. The normalized spacial score (nSPS) is 28.5. The predicted octanol–water partition coefficient (Wildman–Crippen LogP) is 2.97. The molecule has 1 saturated carbocycles. The predicted molar refractivity (Wildman–Crippen MR) is 84.3 cm³/mol. The summed E-state index contributed by atoms with van der Waals surface area (Å²) in [5.74, 6) is 0. The molecule has 2 atom stereocenters. The zero-order chi connectivity index (χ0) is 16.0. The first-order chi connectivity index (χ1) is 10.4. The van der Waals surface area contributed by atoms with Gasteiger partial charge in [0, 0.05) is 0 Å². The maximum absolute atomic E-state index is 13.2. The molecule has 0 radical (unpaired) electrons. The van der Waals surface area contributed by atoms with E-state index < -0.39 is 26.5 Å². The summed E-state index contributed by atoms with van der Waals surface area (Å²) in [5, 5.41) is 10.5. The van der Waals surface area contributed by atoms with Crippen LogP contribution in [-0.2, 0) is 14.6 Å². The van der Waals surface area contributed by atoms with Crippen molar-refractivity contribution in [2.75, 3.05) is 0 Å². The fraction of sp³-hybridized carbons (Fsp3) is 0.647. The highest BCUT2D eigenvalue weighted by Crippen LogP contribution is 2.63. The second-order valence-electron chi connectivity index (χ2n) is 6.57. The smallest absolute Gasteiger partial charge is 0.228 e. The van der Waals surface area contributed by atoms with E-state index in [2.05, 4.69) is 0 Å². The molecule has 1 saturated heterocycles. The lowest BCUT2D eigenvalue weighted by molar-refractivity contribution is 0.111. The highest BCUT2D eigenvalue weighted by molar-refractivity contribution is 7.93. The number of aryl methyl sites for hydroxylation is 1. The van der Waals surface area contributed by atoms with Crippen LogP contribution in [0.1, 0.15) is 51.0 Å². The highest BCUT2D eigenvalue weighted by Gasteiger charge is 2.79. The van der Waals surface area contributed by atoms with Gasteiger partial charge in [-0.05, 0) is 38.3 Å². The van der Waals surface area contributed by atoms with Gasteiger partial charge in [-0.15, -0.1) is 0 Å². The number of sulfone groups is 1. The summed E-state index contributed by atoms with van der Waals surface area (Å²) >= 11 is 0.